The minimum Gasteiger partial charge on any atom is -0.378 e. The summed E-state index contributed by atoms with van der Waals surface area (Å²) >= 11 is 0. The van der Waals surface area contributed by atoms with Gasteiger partial charge in [0.2, 0.25) is 0 Å². The quantitative estimate of drug-likeness (QED) is 0.584. The lowest BCUT2D eigenvalue weighted by molar-refractivity contribution is 0.122. The molecule has 2 fully saturated rings. The highest BCUT2D eigenvalue weighted by Gasteiger charge is 2.23. The Kier molecular flexibility index (Phi) is 6.69. The lowest BCUT2D eigenvalue weighted by Crippen LogP contribution is -2.44. The second-order valence-electron chi connectivity index (χ2n) is 7.92. The van der Waals surface area contributed by atoms with Crippen LogP contribution in [-0.2, 0) is 11.3 Å². The Morgan fingerprint density at radius 3 is 2.70 bits per heavy atom. The molecule has 1 atom stereocenters. The van der Waals surface area contributed by atoms with Gasteiger partial charge in [-0.2, -0.15) is 0 Å². The number of hydrogen-bond donors (Lipinski definition) is 2. The van der Waals surface area contributed by atoms with Gasteiger partial charge >= 0.3 is 0 Å². The number of ether oxygens (including phenoxy) is 1. The van der Waals surface area contributed by atoms with Crippen molar-refractivity contribution in [1.29, 1.82) is 0 Å². The monoisotopic (exact) mass is 408 g/mol. The number of nitrogens with zero attached hydrogens (tertiary/aromatic N) is 4. The fourth-order valence-corrected chi connectivity index (χ4v) is 4.06. The van der Waals surface area contributed by atoms with E-state index in [1.165, 1.54) is 16.8 Å². The predicted octanol–water partition coefficient (Wildman–Crippen LogP) is 2.17. The first-order valence-corrected chi connectivity index (χ1v) is 10.8. The molecule has 3 heterocycles. The smallest absolute Gasteiger partial charge is 0.191 e. The molecule has 7 heteroatoms. The lowest BCUT2D eigenvalue weighted by atomic mass is 10.2. The Morgan fingerprint density at radius 1 is 1.13 bits per heavy atom. The molecule has 2 aliphatic heterocycles. The van der Waals surface area contributed by atoms with Crippen LogP contribution in [0.5, 0.6) is 0 Å². The molecule has 30 heavy (non-hydrogen) atoms. The van der Waals surface area contributed by atoms with Crippen molar-refractivity contribution < 1.29 is 4.74 Å². The first-order valence-electron chi connectivity index (χ1n) is 10.8. The van der Waals surface area contributed by atoms with E-state index in [-0.39, 0.29) is 0 Å². The van der Waals surface area contributed by atoms with Gasteiger partial charge in [-0.3, -0.25) is 4.99 Å². The number of nitrogens with one attached hydrogen (secondary N) is 2. The zero-order valence-corrected chi connectivity index (χ0v) is 18.0. The molecule has 0 amide bonds. The minimum absolute atomic E-state index is 0.380. The van der Waals surface area contributed by atoms with Gasteiger partial charge in [0.25, 0.3) is 0 Å². The number of aliphatic imine (C=N–C) groups is 1. The Balaban J connectivity index is 1.32. The summed E-state index contributed by atoms with van der Waals surface area (Å²) in [6.07, 6.45) is 2.96. The maximum Gasteiger partial charge on any atom is 0.191 e. The predicted molar refractivity (Wildman–Crippen MR) is 122 cm³/mol. The van der Waals surface area contributed by atoms with E-state index in [4.69, 9.17) is 4.74 Å². The molecule has 160 valence electrons. The van der Waals surface area contributed by atoms with Crippen LogP contribution in [-0.4, -0.2) is 63.4 Å². The molecular weight excluding hydrogens is 376 g/mol. The minimum atomic E-state index is 0.380. The Morgan fingerprint density at radius 2 is 1.93 bits per heavy atom. The van der Waals surface area contributed by atoms with Crippen LogP contribution >= 0.6 is 0 Å². The molecule has 0 bridgehead atoms. The van der Waals surface area contributed by atoms with Crippen LogP contribution < -0.4 is 20.4 Å². The van der Waals surface area contributed by atoms with Crippen LogP contribution in [0.2, 0.25) is 0 Å². The van der Waals surface area contributed by atoms with E-state index in [1.807, 2.05) is 19.3 Å². The summed E-state index contributed by atoms with van der Waals surface area (Å²) in [5.74, 6) is 1.87. The van der Waals surface area contributed by atoms with Gasteiger partial charge in [0, 0.05) is 63.3 Å². The molecule has 1 aromatic carbocycles. The molecule has 2 N–H and O–H groups in total. The molecule has 7 nitrogen and oxygen atoms in total. The van der Waals surface area contributed by atoms with Gasteiger partial charge in [0.05, 0.1) is 13.2 Å². The maximum absolute atomic E-state index is 5.48. The number of rotatable bonds is 5. The number of aromatic nitrogens is 1. The van der Waals surface area contributed by atoms with E-state index in [0.717, 1.165) is 57.6 Å². The van der Waals surface area contributed by atoms with Gasteiger partial charge < -0.3 is 25.2 Å². The third kappa shape index (κ3) is 5.02. The summed E-state index contributed by atoms with van der Waals surface area (Å²) in [7, 11) is 1.83. The number of morpholine rings is 1. The first kappa shape index (κ1) is 20.5. The van der Waals surface area contributed by atoms with E-state index in [1.54, 1.807) is 0 Å². The van der Waals surface area contributed by atoms with Gasteiger partial charge in [0.1, 0.15) is 5.82 Å². The third-order valence-corrected chi connectivity index (χ3v) is 5.78. The molecule has 1 aromatic heterocycles. The van der Waals surface area contributed by atoms with Crippen LogP contribution in [0.15, 0.2) is 47.6 Å². The topological polar surface area (TPSA) is 65.0 Å². The second kappa shape index (κ2) is 9.80. The standard InChI is InChI=1S/C23H32N6O/c1-18-5-7-21(8-6-18)29-11-9-20(17-29)27-23(24-2)26-16-19-4-3-10-25-22(19)28-12-14-30-15-13-28/h3-8,10,20H,9,11-17H2,1-2H3,(H2,24,26,27). The highest BCUT2D eigenvalue weighted by molar-refractivity contribution is 5.80. The first-order chi connectivity index (χ1) is 14.7. The van der Waals surface area contributed by atoms with Crippen molar-refractivity contribution in [2.24, 2.45) is 4.99 Å². The van der Waals surface area contributed by atoms with Crippen molar-refractivity contribution >= 4 is 17.5 Å². The number of guanidine groups is 1. The van der Waals surface area contributed by atoms with Gasteiger partial charge in [-0.05, 0) is 31.5 Å². The zero-order valence-electron chi connectivity index (χ0n) is 18.0. The normalized spacial score (nSPS) is 19.8. The zero-order chi connectivity index (χ0) is 20.8. The Bertz CT molecular complexity index is 847. The highest BCUT2D eigenvalue weighted by atomic mass is 16.5. The fourth-order valence-electron chi connectivity index (χ4n) is 4.06. The van der Waals surface area contributed by atoms with Gasteiger partial charge in [-0.15, -0.1) is 0 Å². The van der Waals surface area contributed by atoms with Crippen molar-refractivity contribution in [1.82, 2.24) is 15.6 Å². The molecular formula is C23H32N6O. The third-order valence-electron chi connectivity index (χ3n) is 5.78. The molecule has 0 saturated carbocycles. The van der Waals surface area contributed by atoms with Crippen LogP contribution in [0, 0.1) is 6.92 Å². The molecule has 0 radical (unpaired) electrons. The van der Waals surface area contributed by atoms with Gasteiger partial charge in [-0.1, -0.05) is 23.8 Å². The summed E-state index contributed by atoms with van der Waals surface area (Å²) < 4.78 is 5.48. The average molecular weight is 409 g/mol. The average Bonchev–Trinajstić information content (AvgIpc) is 3.26. The number of anilines is 2. The van der Waals surface area contributed by atoms with E-state index < -0.39 is 0 Å². The molecule has 2 saturated heterocycles. The Hall–Kier alpha value is -2.80. The van der Waals surface area contributed by atoms with Crippen LogP contribution in [0.4, 0.5) is 11.5 Å². The molecule has 1 unspecified atom stereocenters. The highest BCUT2D eigenvalue weighted by Crippen LogP contribution is 2.21. The van der Waals surface area contributed by atoms with Crippen molar-refractivity contribution in [2.45, 2.75) is 25.9 Å². The number of pyridine rings is 1. The van der Waals surface area contributed by atoms with Crippen molar-refractivity contribution in [2.75, 3.05) is 56.2 Å². The van der Waals surface area contributed by atoms with Crippen molar-refractivity contribution in [3.8, 4) is 0 Å². The summed E-state index contributed by atoms with van der Waals surface area (Å²) in [6, 6.07) is 13.3. The van der Waals surface area contributed by atoms with E-state index >= 15 is 0 Å². The second-order valence-corrected chi connectivity index (χ2v) is 7.92. The SMILES string of the molecule is CN=C(NCc1cccnc1N1CCOCC1)NC1CCN(c2ccc(C)cc2)C1. The summed E-state index contributed by atoms with van der Waals surface area (Å²) in [6.45, 7) is 8.13. The maximum atomic E-state index is 5.48. The largest absolute Gasteiger partial charge is 0.378 e. The van der Waals surface area contributed by atoms with E-state index in [0.29, 0.717) is 12.6 Å². The molecule has 4 rings (SSSR count). The summed E-state index contributed by atoms with van der Waals surface area (Å²) in [5.41, 5.74) is 3.76. The lowest BCUT2D eigenvalue weighted by Gasteiger charge is -2.29. The molecule has 0 spiro atoms. The van der Waals surface area contributed by atoms with E-state index in [9.17, 15) is 0 Å². The van der Waals surface area contributed by atoms with Crippen molar-refractivity contribution in [3.05, 3.63) is 53.7 Å². The molecule has 0 aliphatic carbocycles. The fraction of sp³-hybridized carbons (Fsp3) is 0.478. The summed E-state index contributed by atoms with van der Waals surface area (Å²) in [4.78, 5) is 13.8. The molecule has 2 aromatic rings. The van der Waals surface area contributed by atoms with Crippen LogP contribution in [0.25, 0.3) is 0 Å². The number of benzene rings is 1. The number of hydrogen-bond acceptors (Lipinski definition) is 5. The van der Waals surface area contributed by atoms with E-state index in [2.05, 4.69) is 67.7 Å². The van der Waals surface area contributed by atoms with Crippen LogP contribution in [0.1, 0.15) is 17.5 Å². The Labute approximate surface area is 179 Å². The molecule has 2 aliphatic rings. The van der Waals surface area contributed by atoms with Gasteiger partial charge in [0.15, 0.2) is 5.96 Å². The van der Waals surface area contributed by atoms with Crippen LogP contribution in [0.3, 0.4) is 0 Å². The number of aryl methyl sites for hydroxylation is 1. The van der Waals surface area contributed by atoms with Gasteiger partial charge in [-0.25, -0.2) is 4.98 Å². The van der Waals surface area contributed by atoms with Crippen molar-refractivity contribution in [3.63, 3.8) is 0 Å². The summed E-state index contributed by atoms with van der Waals surface area (Å²) in [5, 5.41) is 7.07.